The molecule has 0 unspecified atom stereocenters. The van der Waals surface area contributed by atoms with Crippen molar-refractivity contribution in [3.05, 3.63) is 17.8 Å². The molecule has 0 spiro atoms. The molecule has 0 aliphatic rings. The van der Waals surface area contributed by atoms with Crippen molar-refractivity contribution >= 4 is 12.6 Å². The van der Waals surface area contributed by atoms with Crippen LogP contribution < -0.4 is 10.2 Å². The molecule has 1 aromatic heterocycles. The normalized spacial score (nSPS) is 12.4. The van der Waals surface area contributed by atoms with Crippen molar-refractivity contribution in [3.8, 4) is 5.88 Å². The largest absolute Gasteiger partial charge is 0.491 e. The molecule has 1 aromatic rings. The average molecular weight is 267 g/mol. The number of aryl methyl sites for hydroxylation is 1. The third kappa shape index (κ3) is 3.93. The standard InChI is InChI=1S/C13H22BNO4/c1-9-7-10(8-11(15-9)18-6)14(17)19-13(4,5)12(2,3)16/h7-8,16-17H,1-6H3. The topological polar surface area (TPSA) is 71.8 Å². The van der Waals surface area contributed by atoms with Crippen molar-refractivity contribution in [2.24, 2.45) is 0 Å². The van der Waals surface area contributed by atoms with Gasteiger partial charge in [-0.15, -0.1) is 0 Å². The van der Waals surface area contributed by atoms with Crippen LogP contribution in [-0.2, 0) is 4.65 Å². The molecule has 1 heterocycles. The van der Waals surface area contributed by atoms with E-state index in [-0.39, 0.29) is 0 Å². The summed E-state index contributed by atoms with van der Waals surface area (Å²) < 4.78 is 10.6. The summed E-state index contributed by atoms with van der Waals surface area (Å²) in [5.41, 5.74) is -0.725. The van der Waals surface area contributed by atoms with E-state index >= 15 is 0 Å². The first-order chi connectivity index (χ1) is 8.56. The molecule has 106 valence electrons. The molecular weight excluding hydrogens is 245 g/mol. The maximum absolute atomic E-state index is 10.1. The minimum absolute atomic E-state index is 0.415. The van der Waals surface area contributed by atoms with Crippen molar-refractivity contribution in [1.29, 1.82) is 0 Å². The highest BCUT2D eigenvalue weighted by Crippen LogP contribution is 2.25. The molecule has 0 atom stereocenters. The summed E-state index contributed by atoms with van der Waals surface area (Å²) in [5, 5.41) is 20.2. The van der Waals surface area contributed by atoms with Crippen LogP contribution in [0.25, 0.3) is 0 Å². The molecule has 0 radical (unpaired) electrons. The van der Waals surface area contributed by atoms with Gasteiger partial charge in [-0.1, -0.05) is 0 Å². The summed E-state index contributed by atoms with van der Waals surface area (Å²) in [6, 6.07) is 3.33. The first-order valence-electron chi connectivity index (χ1n) is 6.17. The van der Waals surface area contributed by atoms with Gasteiger partial charge in [-0.2, -0.15) is 0 Å². The Labute approximate surface area is 114 Å². The summed E-state index contributed by atoms with van der Waals surface area (Å²) in [6.07, 6.45) is 0. The second kappa shape index (κ2) is 5.49. The number of ether oxygens (including phenoxy) is 1. The SMILES string of the molecule is COc1cc(B(O)OC(C)(C)C(C)(C)O)cc(C)n1. The van der Waals surface area contributed by atoms with Crippen LogP contribution in [0.5, 0.6) is 5.88 Å². The van der Waals surface area contributed by atoms with E-state index in [1.165, 1.54) is 7.11 Å². The predicted octanol–water partition coefficient (Wildman–Crippen LogP) is 0.652. The quantitative estimate of drug-likeness (QED) is 0.766. The van der Waals surface area contributed by atoms with Crippen LogP contribution >= 0.6 is 0 Å². The van der Waals surface area contributed by atoms with Crippen LogP contribution in [0.15, 0.2) is 12.1 Å². The Morgan fingerprint density at radius 2 is 1.79 bits per heavy atom. The highest BCUT2D eigenvalue weighted by molar-refractivity contribution is 6.60. The zero-order chi connectivity index (χ0) is 14.8. The molecular formula is C13H22BNO4. The fourth-order valence-corrected chi connectivity index (χ4v) is 1.40. The zero-order valence-corrected chi connectivity index (χ0v) is 12.4. The minimum Gasteiger partial charge on any atom is -0.481 e. The number of pyridine rings is 1. The Morgan fingerprint density at radius 1 is 1.21 bits per heavy atom. The van der Waals surface area contributed by atoms with E-state index in [4.69, 9.17) is 9.39 Å². The van der Waals surface area contributed by atoms with Crippen molar-refractivity contribution in [2.75, 3.05) is 7.11 Å². The van der Waals surface area contributed by atoms with Crippen molar-refractivity contribution < 1.29 is 19.5 Å². The van der Waals surface area contributed by atoms with Gasteiger partial charge in [-0.05, 0) is 46.1 Å². The van der Waals surface area contributed by atoms with Crippen LogP contribution in [0.4, 0.5) is 0 Å². The van der Waals surface area contributed by atoms with Gasteiger partial charge in [0, 0.05) is 11.8 Å². The van der Waals surface area contributed by atoms with Gasteiger partial charge in [0.2, 0.25) is 5.88 Å². The molecule has 0 bridgehead atoms. The minimum atomic E-state index is -1.16. The fourth-order valence-electron chi connectivity index (χ4n) is 1.40. The monoisotopic (exact) mass is 267 g/mol. The van der Waals surface area contributed by atoms with Gasteiger partial charge in [0.1, 0.15) is 0 Å². The number of nitrogens with zero attached hydrogens (tertiary/aromatic N) is 1. The van der Waals surface area contributed by atoms with Crippen LogP contribution in [0.2, 0.25) is 0 Å². The van der Waals surface area contributed by atoms with Crippen LogP contribution in [-0.4, -0.2) is 40.5 Å². The summed E-state index contributed by atoms with van der Waals surface area (Å²) in [5.74, 6) is 0.415. The second-order valence-corrected chi connectivity index (χ2v) is 5.62. The molecule has 0 aliphatic heterocycles. The Bertz CT molecular complexity index is 443. The lowest BCUT2D eigenvalue weighted by Gasteiger charge is -2.38. The van der Waals surface area contributed by atoms with Gasteiger partial charge in [0.25, 0.3) is 0 Å². The van der Waals surface area contributed by atoms with E-state index in [9.17, 15) is 10.1 Å². The van der Waals surface area contributed by atoms with E-state index < -0.39 is 18.3 Å². The van der Waals surface area contributed by atoms with Gasteiger partial charge in [-0.25, -0.2) is 4.98 Å². The van der Waals surface area contributed by atoms with Crippen molar-refractivity contribution in [3.63, 3.8) is 0 Å². The second-order valence-electron chi connectivity index (χ2n) is 5.62. The first-order valence-corrected chi connectivity index (χ1v) is 6.17. The summed E-state index contributed by atoms with van der Waals surface area (Å²) in [6.45, 7) is 8.53. The Kier molecular flexibility index (Phi) is 4.61. The van der Waals surface area contributed by atoms with Crippen molar-refractivity contribution in [1.82, 2.24) is 4.98 Å². The predicted molar refractivity (Wildman–Crippen MR) is 74.6 cm³/mol. The van der Waals surface area contributed by atoms with Crippen LogP contribution in [0, 0.1) is 6.92 Å². The molecule has 5 nitrogen and oxygen atoms in total. The lowest BCUT2D eigenvalue weighted by Crippen LogP contribution is -2.53. The van der Waals surface area contributed by atoms with Gasteiger partial charge < -0.3 is 19.5 Å². The maximum atomic E-state index is 10.1. The number of rotatable bonds is 5. The summed E-state index contributed by atoms with van der Waals surface area (Å²) >= 11 is 0. The lowest BCUT2D eigenvalue weighted by atomic mass is 9.76. The van der Waals surface area contributed by atoms with Crippen LogP contribution in [0.3, 0.4) is 0 Å². The summed E-state index contributed by atoms with van der Waals surface area (Å²) in [4.78, 5) is 4.14. The highest BCUT2D eigenvalue weighted by atomic mass is 16.5. The number of aromatic nitrogens is 1. The molecule has 1 rings (SSSR count). The summed E-state index contributed by atoms with van der Waals surface area (Å²) in [7, 11) is 0.358. The van der Waals surface area contributed by atoms with E-state index in [0.29, 0.717) is 11.3 Å². The Hall–Kier alpha value is -1.11. The molecule has 0 saturated carbocycles. The van der Waals surface area contributed by atoms with Gasteiger partial charge >= 0.3 is 7.12 Å². The highest BCUT2D eigenvalue weighted by Gasteiger charge is 2.39. The third-order valence-electron chi connectivity index (χ3n) is 3.33. The molecule has 0 saturated heterocycles. The molecule has 0 fully saturated rings. The molecule has 0 aliphatic carbocycles. The van der Waals surface area contributed by atoms with E-state index in [2.05, 4.69) is 4.98 Å². The van der Waals surface area contributed by atoms with E-state index in [1.54, 1.807) is 46.8 Å². The molecule has 0 amide bonds. The smallest absolute Gasteiger partial charge is 0.481 e. The third-order valence-corrected chi connectivity index (χ3v) is 3.33. The van der Waals surface area contributed by atoms with E-state index in [0.717, 1.165) is 5.69 Å². The number of hydrogen-bond donors (Lipinski definition) is 2. The fraction of sp³-hybridized carbons (Fsp3) is 0.615. The number of hydrogen-bond acceptors (Lipinski definition) is 5. The van der Waals surface area contributed by atoms with E-state index in [1.807, 2.05) is 0 Å². The molecule has 19 heavy (non-hydrogen) atoms. The Balaban J connectivity index is 2.95. The van der Waals surface area contributed by atoms with Gasteiger partial charge in [-0.3, -0.25) is 0 Å². The van der Waals surface area contributed by atoms with Gasteiger partial charge in [0.05, 0.1) is 18.3 Å². The zero-order valence-electron chi connectivity index (χ0n) is 12.4. The first kappa shape index (κ1) is 16.0. The average Bonchev–Trinajstić information content (AvgIpc) is 2.25. The van der Waals surface area contributed by atoms with Crippen LogP contribution in [0.1, 0.15) is 33.4 Å². The van der Waals surface area contributed by atoms with Gasteiger partial charge in [0.15, 0.2) is 0 Å². The van der Waals surface area contributed by atoms with Crippen molar-refractivity contribution in [2.45, 2.75) is 45.8 Å². The lowest BCUT2D eigenvalue weighted by molar-refractivity contribution is -0.0982. The number of aliphatic hydroxyl groups is 1. The maximum Gasteiger partial charge on any atom is 0.491 e. The molecule has 2 N–H and O–H groups in total. The Morgan fingerprint density at radius 3 is 2.26 bits per heavy atom. The number of methoxy groups -OCH3 is 1. The molecule has 6 heteroatoms. The molecule has 0 aromatic carbocycles.